The average molecular weight is 1260 g/mol. The van der Waals surface area contributed by atoms with Gasteiger partial charge in [0.05, 0.1) is 67.3 Å². The first-order valence-corrected chi connectivity index (χ1v) is 30.9. The zero-order valence-electron chi connectivity index (χ0n) is 50.7. The Bertz CT molecular complexity index is 5440. The van der Waals surface area contributed by atoms with Crippen LogP contribution in [0.1, 0.15) is 16.7 Å². The second-order valence-electron chi connectivity index (χ2n) is 23.5. The Balaban J connectivity index is 1.04. The number of halogens is 6. The van der Waals surface area contributed by atoms with Crippen molar-refractivity contribution in [3.8, 4) is 118 Å². The number of nitrogens with zero attached hydrogens (tertiary/aromatic N) is 7. The van der Waals surface area contributed by atoms with Crippen LogP contribution in [-0.4, -0.2) is 29.1 Å². The van der Waals surface area contributed by atoms with E-state index in [2.05, 4.69) is 6.07 Å². The minimum atomic E-state index is -5.31. The Labute approximate surface area is 546 Å². The zero-order valence-corrected chi connectivity index (χ0v) is 50.7. The Morgan fingerprint density at radius 3 is 0.896 bits per heavy atom. The molecule has 16 aromatic rings. The molecule has 0 N–H and O–H groups in total. The Morgan fingerprint density at radius 2 is 0.594 bits per heavy atom. The lowest BCUT2D eigenvalue weighted by Crippen LogP contribution is -2.16. The molecule has 96 heavy (non-hydrogen) atoms. The summed E-state index contributed by atoms with van der Waals surface area (Å²) in [5.74, 6) is 0. The van der Waals surface area contributed by atoms with Crippen LogP contribution < -0.4 is 0 Å². The molecule has 16 rings (SSSR count). The number of nitriles is 1. The molecule has 7 nitrogen and oxygen atoms in total. The lowest BCUT2D eigenvalue weighted by atomic mass is 9.90. The number of alkyl halides is 6. The van der Waals surface area contributed by atoms with Gasteiger partial charge in [-0.3, -0.25) is 19.9 Å². The first-order valence-electron chi connectivity index (χ1n) is 30.9. The van der Waals surface area contributed by atoms with Crippen LogP contribution in [0.5, 0.6) is 0 Å². The van der Waals surface area contributed by atoms with Gasteiger partial charge in [-0.2, -0.15) is 31.6 Å². The fraction of sp³-hybridized carbons (Fsp3) is 0.0241. The molecule has 0 aliphatic carbocycles. The van der Waals surface area contributed by atoms with E-state index in [4.69, 9.17) is 19.9 Å². The monoisotopic (exact) mass is 1260 g/mol. The van der Waals surface area contributed by atoms with Gasteiger partial charge >= 0.3 is 12.4 Å². The number of pyridine rings is 4. The van der Waals surface area contributed by atoms with Gasteiger partial charge < -0.3 is 9.13 Å². The Kier molecular flexibility index (Phi) is 14.4. The maximum absolute atomic E-state index is 16.0. The van der Waals surface area contributed by atoms with Gasteiger partial charge in [-0.25, -0.2) is 0 Å². The summed E-state index contributed by atoms with van der Waals surface area (Å²) in [5.41, 5.74) is 9.42. The van der Waals surface area contributed by atoms with E-state index in [0.717, 1.165) is 83.9 Å². The summed E-state index contributed by atoms with van der Waals surface area (Å²) in [4.78, 5) is 18.8. The van der Waals surface area contributed by atoms with Gasteiger partial charge in [-0.1, -0.05) is 182 Å². The van der Waals surface area contributed by atoms with Crippen LogP contribution in [0.25, 0.3) is 156 Å². The highest BCUT2D eigenvalue weighted by molar-refractivity contribution is 6.14. The minimum absolute atomic E-state index is 0.189. The molecule has 0 saturated carbocycles. The van der Waals surface area contributed by atoms with E-state index >= 15 is 26.3 Å². The molecule has 0 aliphatic rings. The van der Waals surface area contributed by atoms with E-state index in [1.807, 2.05) is 247 Å². The van der Waals surface area contributed by atoms with Crippen molar-refractivity contribution < 1.29 is 26.3 Å². The number of fused-ring (bicyclic) bond motifs is 6. The van der Waals surface area contributed by atoms with Crippen molar-refractivity contribution in [1.82, 2.24) is 29.1 Å². The highest BCUT2D eigenvalue weighted by Crippen LogP contribution is 2.50. The number of benzene rings is 10. The summed E-state index contributed by atoms with van der Waals surface area (Å²) in [6.07, 6.45) is -3.75. The van der Waals surface area contributed by atoms with Crippen LogP contribution in [0.15, 0.2) is 298 Å². The second-order valence-corrected chi connectivity index (χ2v) is 23.5. The molecule has 0 amide bonds. The predicted molar refractivity (Wildman–Crippen MR) is 370 cm³/mol. The smallest absolute Gasteiger partial charge is 0.308 e. The second kappa shape index (κ2) is 23.5. The molecule has 0 spiro atoms. The van der Waals surface area contributed by atoms with Crippen LogP contribution in [0, 0.1) is 11.3 Å². The highest BCUT2D eigenvalue weighted by atomic mass is 19.4. The van der Waals surface area contributed by atoms with Crippen molar-refractivity contribution in [2.75, 3.05) is 0 Å². The zero-order chi connectivity index (χ0) is 65.2. The highest BCUT2D eigenvalue weighted by Gasteiger charge is 2.42. The molecule has 6 heterocycles. The van der Waals surface area contributed by atoms with Gasteiger partial charge in [-0.15, -0.1) is 0 Å². The van der Waals surface area contributed by atoms with E-state index in [1.165, 1.54) is 12.1 Å². The van der Waals surface area contributed by atoms with Crippen LogP contribution in [0.2, 0.25) is 0 Å². The molecule has 0 aliphatic heterocycles. The lowest BCUT2D eigenvalue weighted by Gasteiger charge is -2.24. The largest absolute Gasteiger partial charge is 0.417 e. The molecule has 458 valence electrons. The number of aromatic nitrogens is 6. The molecule has 0 radical (unpaired) electrons. The number of rotatable bonds is 11. The SMILES string of the molecule is N#Cc1c(-n2c3cc(-c4ccnc(-c5ccccc5)c4)ccc3c3ccc(-c4ccnc(-c5ccccc5)c4)cc32)ccc(-c2c(C(F)(F)F)cccc2C(F)(F)F)c1-n1c2cc(-c3ccnc(-c4ccccc4)c3)ccc2c2ccc(-c3ccnc(-c4ccccc4)c3)cc21. The third-order valence-corrected chi connectivity index (χ3v) is 17.9. The van der Waals surface area contributed by atoms with Crippen LogP contribution >= 0.6 is 0 Å². The van der Waals surface area contributed by atoms with Crippen LogP contribution in [-0.2, 0) is 12.4 Å². The summed E-state index contributed by atoms with van der Waals surface area (Å²) in [5, 5.41) is 15.2. The van der Waals surface area contributed by atoms with Crippen molar-refractivity contribution >= 4 is 43.6 Å². The first kappa shape index (κ1) is 58.5. The normalized spacial score (nSPS) is 11.8. The molecule has 0 unspecified atom stereocenters. The van der Waals surface area contributed by atoms with Crippen molar-refractivity contribution in [3.63, 3.8) is 0 Å². The maximum Gasteiger partial charge on any atom is 0.417 e. The van der Waals surface area contributed by atoms with Crippen LogP contribution in [0.4, 0.5) is 26.3 Å². The van der Waals surface area contributed by atoms with E-state index in [1.54, 1.807) is 29.4 Å². The third kappa shape index (κ3) is 10.5. The Hall–Kier alpha value is -12.5. The molecule has 0 atom stereocenters. The van der Waals surface area contributed by atoms with Gasteiger partial charge in [0, 0.05) is 79.7 Å². The van der Waals surface area contributed by atoms with Crippen molar-refractivity contribution in [2.45, 2.75) is 12.4 Å². The standard InChI is InChI=1S/C83H49F6N7/c84-82(85,86)69-22-13-23-70(83(87,88)89)80(69)67-32-33-75(95-76-46-55(59-34-38-91-71(42-59)51-14-5-1-6-15-51)24-28-63(76)64-29-25-56(47-77(64)95)60-35-39-92-72(43-60)52-16-7-2-8-17-52)68(50-90)81(67)96-78-48-57(61-36-40-93-73(44-61)53-18-9-3-10-19-53)26-30-65(78)66-31-27-58(49-79(66)96)62-37-41-94-74(45-62)54-20-11-4-12-21-54/h1-49H. The summed E-state index contributed by atoms with van der Waals surface area (Å²) in [6, 6.07) is 85.1. The summed E-state index contributed by atoms with van der Waals surface area (Å²) < 4.78 is 99.9. The van der Waals surface area contributed by atoms with Gasteiger partial charge in [0.1, 0.15) is 11.6 Å². The molecule has 0 saturated heterocycles. The molecule has 0 fully saturated rings. The van der Waals surface area contributed by atoms with Crippen LogP contribution in [0.3, 0.4) is 0 Å². The Morgan fingerprint density at radius 1 is 0.292 bits per heavy atom. The maximum atomic E-state index is 16.0. The van der Waals surface area contributed by atoms with E-state index in [9.17, 15) is 5.26 Å². The van der Waals surface area contributed by atoms with E-state index < -0.39 is 34.6 Å². The van der Waals surface area contributed by atoms with Crippen molar-refractivity contribution in [2.24, 2.45) is 0 Å². The lowest BCUT2D eigenvalue weighted by molar-refractivity contribution is -0.142. The molecular weight excluding hydrogens is 1210 g/mol. The van der Waals surface area contributed by atoms with Crippen molar-refractivity contribution in [3.05, 3.63) is 314 Å². The first-order chi connectivity index (χ1) is 46.8. The van der Waals surface area contributed by atoms with Crippen molar-refractivity contribution in [1.29, 1.82) is 5.26 Å². The number of hydrogen-bond donors (Lipinski definition) is 0. The fourth-order valence-corrected chi connectivity index (χ4v) is 13.4. The minimum Gasteiger partial charge on any atom is -0.308 e. The third-order valence-electron chi connectivity index (χ3n) is 17.9. The predicted octanol–water partition coefficient (Wildman–Crippen LogP) is 22.4. The van der Waals surface area contributed by atoms with Gasteiger partial charge in [0.15, 0.2) is 0 Å². The molecule has 13 heteroatoms. The quantitative estimate of drug-likeness (QED) is 0.120. The molecule has 0 bridgehead atoms. The topological polar surface area (TPSA) is 85.2 Å². The van der Waals surface area contributed by atoms with Gasteiger partial charge in [-0.05, 0) is 136 Å². The molecule has 10 aromatic carbocycles. The molecule has 6 aromatic heterocycles. The van der Waals surface area contributed by atoms with E-state index in [0.29, 0.717) is 67.5 Å². The number of hydrogen-bond acceptors (Lipinski definition) is 5. The van der Waals surface area contributed by atoms with Gasteiger partial charge in [0.25, 0.3) is 0 Å². The summed E-state index contributed by atoms with van der Waals surface area (Å²) in [7, 11) is 0. The summed E-state index contributed by atoms with van der Waals surface area (Å²) >= 11 is 0. The molecular formula is C83H49F6N7. The average Bonchev–Trinajstić information content (AvgIpc) is 1.51. The fourth-order valence-electron chi connectivity index (χ4n) is 13.4. The van der Waals surface area contributed by atoms with Gasteiger partial charge in [0.2, 0.25) is 0 Å². The summed E-state index contributed by atoms with van der Waals surface area (Å²) in [6.45, 7) is 0. The van der Waals surface area contributed by atoms with E-state index in [-0.39, 0.29) is 16.9 Å².